The van der Waals surface area contributed by atoms with Gasteiger partial charge in [-0.15, -0.1) is 0 Å². The van der Waals surface area contributed by atoms with Crippen LogP contribution in [0.15, 0.2) is 59.8 Å². The van der Waals surface area contributed by atoms with E-state index in [-0.39, 0.29) is 12.1 Å². The third kappa shape index (κ3) is 3.00. The van der Waals surface area contributed by atoms with E-state index >= 15 is 0 Å². The van der Waals surface area contributed by atoms with Crippen molar-refractivity contribution in [1.82, 2.24) is 19.5 Å². The Kier molecular flexibility index (Phi) is 4.01. The van der Waals surface area contributed by atoms with E-state index in [9.17, 15) is 13.6 Å². The number of hydrogen-bond donors (Lipinski definition) is 0. The molecule has 0 amide bonds. The average Bonchev–Trinajstić information content (AvgIpc) is 3.19. The van der Waals surface area contributed by atoms with E-state index in [4.69, 9.17) is 0 Å². The molecule has 0 saturated heterocycles. The normalized spacial score (nSPS) is 12.5. The molecule has 142 valence electrons. The number of halogens is 2. The molecule has 1 aromatic carbocycles. The third-order valence-corrected chi connectivity index (χ3v) is 5.02. The van der Waals surface area contributed by atoms with Crippen LogP contribution in [-0.4, -0.2) is 19.5 Å². The van der Waals surface area contributed by atoms with Gasteiger partial charge in [0.25, 0.3) is 5.56 Å². The molecule has 5 rings (SSSR count). The highest BCUT2D eigenvalue weighted by atomic mass is 19.1. The number of aromatic nitrogens is 4. The molecule has 7 heteroatoms. The van der Waals surface area contributed by atoms with Gasteiger partial charge in [0.1, 0.15) is 11.6 Å². The molecule has 0 saturated carbocycles. The Hall–Kier alpha value is -3.74. The van der Waals surface area contributed by atoms with Crippen LogP contribution in [-0.2, 0) is 13.0 Å². The Labute approximate surface area is 164 Å². The van der Waals surface area contributed by atoms with Gasteiger partial charge < -0.3 is 0 Å². The molecular weight excluding hydrogens is 374 g/mol. The van der Waals surface area contributed by atoms with Crippen LogP contribution in [0.25, 0.3) is 28.4 Å². The van der Waals surface area contributed by atoms with Crippen molar-refractivity contribution >= 4 is 17.2 Å². The molecule has 0 atom stereocenters. The van der Waals surface area contributed by atoms with Crippen molar-refractivity contribution in [3.8, 4) is 11.1 Å². The molecule has 0 fully saturated rings. The zero-order valence-electron chi connectivity index (χ0n) is 15.1. The van der Waals surface area contributed by atoms with Crippen LogP contribution < -0.4 is 5.56 Å². The van der Waals surface area contributed by atoms with E-state index in [1.54, 1.807) is 24.5 Å². The van der Waals surface area contributed by atoms with Gasteiger partial charge in [-0.05, 0) is 41.5 Å². The van der Waals surface area contributed by atoms with Gasteiger partial charge in [0, 0.05) is 29.9 Å². The average molecular weight is 388 g/mol. The Balaban J connectivity index is 1.57. The van der Waals surface area contributed by atoms with Crippen LogP contribution in [0.1, 0.15) is 16.8 Å². The van der Waals surface area contributed by atoms with Crippen molar-refractivity contribution < 1.29 is 8.78 Å². The fraction of sp³-hybridized carbons (Fsp3) is 0.0909. The number of nitrogens with zero attached hydrogens (tertiary/aromatic N) is 4. The van der Waals surface area contributed by atoms with Gasteiger partial charge in [0.2, 0.25) is 0 Å². The lowest BCUT2D eigenvalue weighted by atomic mass is 10.0. The first kappa shape index (κ1) is 17.4. The lowest BCUT2D eigenvalue weighted by Crippen LogP contribution is -2.22. The molecule has 1 aliphatic carbocycles. The molecule has 3 heterocycles. The third-order valence-electron chi connectivity index (χ3n) is 5.02. The SMILES string of the molecule is O=c1cnc2ncccc2n1Cc1c(F)cc(-c2cnc3c(c2)C=CC3)cc1F. The minimum atomic E-state index is -0.725. The van der Waals surface area contributed by atoms with Gasteiger partial charge in [0.05, 0.1) is 24.0 Å². The molecule has 0 bridgehead atoms. The van der Waals surface area contributed by atoms with Crippen LogP contribution in [0.5, 0.6) is 0 Å². The molecule has 29 heavy (non-hydrogen) atoms. The quantitative estimate of drug-likeness (QED) is 0.536. The van der Waals surface area contributed by atoms with Crippen molar-refractivity contribution in [2.75, 3.05) is 0 Å². The van der Waals surface area contributed by atoms with Crippen molar-refractivity contribution in [2.45, 2.75) is 13.0 Å². The Morgan fingerprint density at radius 2 is 1.83 bits per heavy atom. The van der Waals surface area contributed by atoms with Gasteiger partial charge in [0.15, 0.2) is 5.65 Å². The molecule has 4 aromatic rings. The first-order chi connectivity index (χ1) is 14.1. The van der Waals surface area contributed by atoms with Crippen molar-refractivity contribution in [2.24, 2.45) is 0 Å². The van der Waals surface area contributed by atoms with Crippen LogP contribution in [0, 0.1) is 11.6 Å². The number of hydrogen-bond acceptors (Lipinski definition) is 4. The lowest BCUT2D eigenvalue weighted by Gasteiger charge is -2.12. The second kappa shape index (κ2) is 6.70. The second-order valence-corrected chi connectivity index (χ2v) is 6.81. The van der Waals surface area contributed by atoms with Gasteiger partial charge in [-0.2, -0.15) is 0 Å². The molecule has 0 radical (unpaired) electrons. The number of benzene rings is 1. The number of allylic oxidation sites excluding steroid dienone is 1. The molecule has 3 aromatic heterocycles. The summed E-state index contributed by atoms with van der Waals surface area (Å²) >= 11 is 0. The van der Waals surface area contributed by atoms with E-state index in [0.717, 1.165) is 23.9 Å². The van der Waals surface area contributed by atoms with E-state index in [1.165, 1.54) is 16.7 Å². The highest BCUT2D eigenvalue weighted by Gasteiger charge is 2.16. The van der Waals surface area contributed by atoms with Crippen LogP contribution in [0.2, 0.25) is 0 Å². The van der Waals surface area contributed by atoms with Crippen molar-refractivity contribution in [3.63, 3.8) is 0 Å². The topological polar surface area (TPSA) is 60.7 Å². The summed E-state index contributed by atoms with van der Waals surface area (Å²) in [6, 6.07) is 7.70. The standard InChI is InChI=1S/C22H14F2N4O/c23-17-8-14(15-7-13-3-1-4-19(13)26-10-15)9-18(24)16(17)12-28-20-5-2-6-25-22(20)27-11-21(28)29/h1-3,5-11H,4,12H2. The van der Waals surface area contributed by atoms with Crippen LogP contribution in [0.3, 0.4) is 0 Å². The Morgan fingerprint density at radius 1 is 1.00 bits per heavy atom. The zero-order chi connectivity index (χ0) is 20.0. The maximum Gasteiger partial charge on any atom is 0.269 e. The zero-order valence-corrected chi connectivity index (χ0v) is 15.1. The van der Waals surface area contributed by atoms with Gasteiger partial charge >= 0.3 is 0 Å². The largest absolute Gasteiger partial charge is 0.299 e. The fourth-order valence-corrected chi connectivity index (χ4v) is 3.53. The minimum absolute atomic E-state index is 0.193. The summed E-state index contributed by atoms with van der Waals surface area (Å²) in [4.78, 5) is 24.7. The molecular formula is C22H14F2N4O. The Bertz CT molecular complexity index is 1340. The number of pyridine rings is 2. The smallest absolute Gasteiger partial charge is 0.269 e. The minimum Gasteiger partial charge on any atom is -0.299 e. The Morgan fingerprint density at radius 3 is 2.66 bits per heavy atom. The first-order valence-electron chi connectivity index (χ1n) is 9.04. The predicted octanol–water partition coefficient (Wildman–Crippen LogP) is 3.75. The highest BCUT2D eigenvalue weighted by molar-refractivity contribution is 5.71. The van der Waals surface area contributed by atoms with E-state index in [1.807, 2.05) is 18.2 Å². The van der Waals surface area contributed by atoms with Crippen LogP contribution >= 0.6 is 0 Å². The summed E-state index contributed by atoms with van der Waals surface area (Å²) in [7, 11) is 0. The van der Waals surface area contributed by atoms with E-state index in [2.05, 4.69) is 15.0 Å². The number of rotatable bonds is 3. The van der Waals surface area contributed by atoms with Gasteiger partial charge in [-0.3, -0.25) is 14.3 Å². The predicted molar refractivity (Wildman–Crippen MR) is 105 cm³/mol. The fourth-order valence-electron chi connectivity index (χ4n) is 3.53. The summed E-state index contributed by atoms with van der Waals surface area (Å²) in [5.41, 5.74) is 3.03. The first-order valence-corrected chi connectivity index (χ1v) is 9.04. The second-order valence-electron chi connectivity index (χ2n) is 6.81. The van der Waals surface area contributed by atoms with Crippen molar-refractivity contribution in [3.05, 3.63) is 93.8 Å². The van der Waals surface area contributed by atoms with E-state index in [0.29, 0.717) is 22.3 Å². The molecule has 0 spiro atoms. The highest BCUT2D eigenvalue weighted by Crippen LogP contribution is 2.28. The monoisotopic (exact) mass is 388 g/mol. The summed E-state index contributed by atoms with van der Waals surface area (Å²) in [6.45, 7) is -0.257. The molecule has 0 aliphatic heterocycles. The van der Waals surface area contributed by atoms with E-state index < -0.39 is 17.2 Å². The molecule has 1 aliphatic rings. The maximum atomic E-state index is 14.9. The molecule has 0 unspecified atom stereocenters. The molecule has 0 N–H and O–H groups in total. The summed E-state index contributed by atoms with van der Waals surface area (Å²) in [5.74, 6) is -1.45. The van der Waals surface area contributed by atoms with Crippen LogP contribution in [0.4, 0.5) is 8.78 Å². The maximum absolute atomic E-state index is 14.9. The van der Waals surface area contributed by atoms with Gasteiger partial charge in [-0.25, -0.2) is 18.7 Å². The lowest BCUT2D eigenvalue weighted by molar-refractivity contribution is 0.545. The van der Waals surface area contributed by atoms with Gasteiger partial charge in [-0.1, -0.05) is 12.2 Å². The van der Waals surface area contributed by atoms with Crippen molar-refractivity contribution in [1.29, 1.82) is 0 Å². The summed E-state index contributed by atoms with van der Waals surface area (Å²) in [6.07, 6.45) is 8.97. The summed E-state index contributed by atoms with van der Waals surface area (Å²) < 4.78 is 31.0. The molecule has 5 nitrogen and oxygen atoms in total. The summed E-state index contributed by atoms with van der Waals surface area (Å²) in [5, 5.41) is 0. The number of fused-ring (bicyclic) bond motifs is 2.